The molecule has 2 amide bonds. The van der Waals surface area contributed by atoms with Crippen LogP contribution in [0.15, 0.2) is 85.1 Å². The number of fused-ring (bicyclic) bond motifs is 1. The van der Waals surface area contributed by atoms with E-state index in [1.54, 1.807) is 22.9 Å². The summed E-state index contributed by atoms with van der Waals surface area (Å²) in [5.74, 6) is -0.200. The molecular formula is C28H26N4O3. The largest absolute Gasteiger partial charge is 0.496 e. The molecule has 0 aliphatic carbocycles. The van der Waals surface area contributed by atoms with E-state index < -0.39 is 11.9 Å². The first-order valence-corrected chi connectivity index (χ1v) is 11.5. The second-order valence-electron chi connectivity index (χ2n) is 8.60. The molecule has 0 saturated heterocycles. The van der Waals surface area contributed by atoms with Crippen molar-refractivity contribution in [3.63, 3.8) is 0 Å². The standard InChI is InChI=1S/C28H26N4O3/c1-35-25-14-8-7-13-22(25)26-23(18-31(30-26)16-19-9-3-2-4-10-19)28(34)32-17-21-12-6-5-11-20(21)15-24(32)27(29)33/h2-14,18,24H,15-17H2,1H3,(H2,29,33). The van der Waals surface area contributed by atoms with Crippen molar-refractivity contribution in [3.05, 3.63) is 107 Å². The van der Waals surface area contributed by atoms with Gasteiger partial charge in [-0.1, -0.05) is 66.7 Å². The number of aromatic nitrogens is 2. The first-order valence-electron chi connectivity index (χ1n) is 11.5. The number of nitrogens with two attached hydrogens (primary N) is 1. The van der Waals surface area contributed by atoms with Crippen LogP contribution in [0.1, 0.15) is 27.0 Å². The van der Waals surface area contributed by atoms with Gasteiger partial charge in [-0.3, -0.25) is 14.3 Å². The van der Waals surface area contributed by atoms with E-state index in [0.717, 1.165) is 16.7 Å². The van der Waals surface area contributed by atoms with E-state index in [1.165, 1.54) is 0 Å². The van der Waals surface area contributed by atoms with Gasteiger partial charge in [0.05, 0.1) is 19.2 Å². The van der Waals surface area contributed by atoms with Crippen LogP contribution in [0.5, 0.6) is 5.75 Å². The van der Waals surface area contributed by atoms with E-state index >= 15 is 0 Å². The molecule has 3 aromatic carbocycles. The molecule has 0 bridgehead atoms. The number of para-hydroxylation sites is 1. The van der Waals surface area contributed by atoms with Crippen molar-refractivity contribution in [3.8, 4) is 17.0 Å². The van der Waals surface area contributed by atoms with E-state index in [1.807, 2.05) is 78.9 Å². The average molecular weight is 467 g/mol. The van der Waals surface area contributed by atoms with Crippen molar-refractivity contribution in [2.75, 3.05) is 7.11 Å². The van der Waals surface area contributed by atoms with E-state index in [9.17, 15) is 9.59 Å². The van der Waals surface area contributed by atoms with Crippen LogP contribution in [-0.2, 0) is 24.3 Å². The summed E-state index contributed by atoms with van der Waals surface area (Å²) in [6.07, 6.45) is 2.13. The third kappa shape index (κ3) is 4.40. The van der Waals surface area contributed by atoms with Crippen LogP contribution < -0.4 is 10.5 Å². The topological polar surface area (TPSA) is 90.5 Å². The minimum absolute atomic E-state index is 0.288. The molecule has 35 heavy (non-hydrogen) atoms. The number of carbonyl (C=O) groups excluding carboxylic acids is 2. The molecule has 7 nitrogen and oxygen atoms in total. The summed E-state index contributed by atoms with van der Waals surface area (Å²) in [6.45, 7) is 0.802. The lowest BCUT2D eigenvalue weighted by molar-refractivity contribution is -0.122. The van der Waals surface area contributed by atoms with Crippen molar-refractivity contribution >= 4 is 11.8 Å². The maximum Gasteiger partial charge on any atom is 0.258 e. The smallest absolute Gasteiger partial charge is 0.258 e. The zero-order valence-corrected chi connectivity index (χ0v) is 19.4. The van der Waals surface area contributed by atoms with Gasteiger partial charge in [-0.2, -0.15) is 5.10 Å². The molecule has 2 heterocycles. The molecule has 0 fully saturated rings. The maximum absolute atomic E-state index is 14.0. The summed E-state index contributed by atoms with van der Waals surface area (Å²) in [5, 5.41) is 4.79. The molecule has 0 saturated carbocycles. The Labute approximate surface area is 203 Å². The van der Waals surface area contributed by atoms with E-state index in [0.29, 0.717) is 42.1 Å². The molecule has 1 aliphatic heterocycles. The number of ether oxygens (including phenoxy) is 1. The van der Waals surface area contributed by atoms with Crippen LogP contribution in [0.3, 0.4) is 0 Å². The minimum atomic E-state index is -0.736. The Bertz CT molecular complexity index is 1380. The van der Waals surface area contributed by atoms with Gasteiger partial charge in [0.2, 0.25) is 5.91 Å². The highest BCUT2D eigenvalue weighted by molar-refractivity contribution is 6.02. The molecule has 1 aromatic heterocycles. The second kappa shape index (κ2) is 9.46. The lowest BCUT2D eigenvalue weighted by Crippen LogP contribution is -2.51. The normalized spacial score (nSPS) is 14.9. The third-order valence-corrected chi connectivity index (χ3v) is 6.38. The van der Waals surface area contributed by atoms with Crippen LogP contribution in [-0.4, -0.2) is 39.6 Å². The molecule has 7 heteroatoms. The van der Waals surface area contributed by atoms with E-state index in [2.05, 4.69) is 0 Å². The highest BCUT2D eigenvalue weighted by Crippen LogP contribution is 2.33. The van der Waals surface area contributed by atoms with E-state index in [-0.39, 0.29) is 5.91 Å². The number of primary amides is 1. The van der Waals surface area contributed by atoms with Gasteiger partial charge in [-0.05, 0) is 28.8 Å². The zero-order chi connectivity index (χ0) is 24.4. The van der Waals surface area contributed by atoms with Crippen LogP contribution >= 0.6 is 0 Å². The Morgan fingerprint density at radius 1 is 0.971 bits per heavy atom. The van der Waals surface area contributed by atoms with Gasteiger partial charge in [-0.15, -0.1) is 0 Å². The quantitative estimate of drug-likeness (QED) is 0.470. The monoisotopic (exact) mass is 466 g/mol. The Morgan fingerprint density at radius 2 is 1.66 bits per heavy atom. The summed E-state index contributed by atoms with van der Waals surface area (Å²) >= 11 is 0. The first kappa shape index (κ1) is 22.4. The van der Waals surface area contributed by atoms with Crippen LogP contribution in [0, 0.1) is 0 Å². The van der Waals surface area contributed by atoms with Gasteiger partial charge >= 0.3 is 0 Å². The summed E-state index contributed by atoms with van der Waals surface area (Å²) in [5.41, 5.74) is 10.5. The van der Waals surface area contributed by atoms with Crippen molar-refractivity contribution in [1.82, 2.24) is 14.7 Å². The number of hydrogen-bond donors (Lipinski definition) is 1. The lowest BCUT2D eigenvalue weighted by atomic mass is 9.92. The van der Waals surface area contributed by atoms with Crippen molar-refractivity contribution in [2.45, 2.75) is 25.6 Å². The van der Waals surface area contributed by atoms with E-state index in [4.69, 9.17) is 15.6 Å². The number of benzene rings is 3. The fourth-order valence-corrected chi connectivity index (χ4v) is 4.61. The Morgan fingerprint density at radius 3 is 2.40 bits per heavy atom. The lowest BCUT2D eigenvalue weighted by Gasteiger charge is -2.35. The highest BCUT2D eigenvalue weighted by Gasteiger charge is 2.35. The summed E-state index contributed by atoms with van der Waals surface area (Å²) in [7, 11) is 1.59. The molecule has 4 aromatic rings. The number of rotatable bonds is 6. The Hall–Kier alpha value is -4.39. The van der Waals surface area contributed by atoms with Crippen molar-refractivity contribution in [1.29, 1.82) is 0 Å². The molecule has 5 rings (SSSR count). The SMILES string of the molecule is COc1ccccc1-c1nn(Cc2ccccc2)cc1C(=O)N1Cc2ccccc2CC1C(N)=O. The van der Waals surface area contributed by atoms with Gasteiger partial charge in [0.25, 0.3) is 5.91 Å². The van der Waals surface area contributed by atoms with Gasteiger partial charge in [-0.25, -0.2) is 0 Å². The van der Waals surface area contributed by atoms with Crippen LogP contribution in [0.2, 0.25) is 0 Å². The minimum Gasteiger partial charge on any atom is -0.496 e. The second-order valence-corrected chi connectivity index (χ2v) is 8.60. The summed E-state index contributed by atoms with van der Waals surface area (Å²) < 4.78 is 7.32. The molecular weight excluding hydrogens is 440 g/mol. The van der Waals surface area contributed by atoms with Gasteiger partial charge in [0, 0.05) is 24.7 Å². The zero-order valence-electron chi connectivity index (χ0n) is 19.4. The summed E-state index contributed by atoms with van der Waals surface area (Å²) in [4.78, 5) is 28.0. The van der Waals surface area contributed by atoms with Crippen LogP contribution in [0.25, 0.3) is 11.3 Å². The van der Waals surface area contributed by atoms with Crippen LogP contribution in [0.4, 0.5) is 0 Å². The predicted octanol–water partition coefficient (Wildman–Crippen LogP) is 3.66. The fraction of sp³-hybridized carbons (Fsp3) is 0.179. The number of amides is 2. The Balaban J connectivity index is 1.59. The molecule has 176 valence electrons. The molecule has 1 aliphatic rings. The molecule has 0 spiro atoms. The third-order valence-electron chi connectivity index (χ3n) is 6.38. The maximum atomic E-state index is 14.0. The van der Waals surface area contributed by atoms with Crippen molar-refractivity contribution in [2.24, 2.45) is 5.73 Å². The molecule has 1 unspecified atom stereocenters. The van der Waals surface area contributed by atoms with Crippen molar-refractivity contribution < 1.29 is 14.3 Å². The fourth-order valence-electron chi connectivity index (χ4n) is 4.61. The molecule has 1 atom stereocenters. The predicted molar refractivity (Wildman–Crippen MR) is 133 cm³/mol. The number of carbonyl (C=O) groups is 2. The highest BCUT2D eigenvalue weighted by atomic mass is 16.5. The first-order chi connectivity index (χ1) is 17.0. The number of methoxy groups -OCH3 is 1. The number of nitrogens with zero attached hydrogens (tertiary/aromatic N) is 3. The Kier molecular flexibility index (Phi) is 6.06. The van der Waals surface area contributed by atoms with Gasteiger partial charge < -0.3 is 15.4 Å². The number of hydrogen-bond acceptors (Lipinski definition) is 4. The average Bonchev–Trinajstić information content (AvgIpc) is 3.31. The molecule has 2 N–H and O–H groups in total. The molecule has 0 radical (unpaired) electrons. The summed E-state index contributed by atoms with van der Waals surface area (Å²) in [6, 6.07) is 24.5. The van der Waals surface area contributed by atoms with Gasteiger partial charge in [0.15, 0.2) is 0 Å². The van der Waals surface area contributed by atoms with Gasteiger partial charge in [0.1, 0.15) is 17.5 Å².